The standard InChI is InChI=1S/C20H25N3O2/c1-22-13-6-7-15(22)12-14-23(20(24)25)19-11-5-3-9-17(19)16-8-2-4-10-18(16)21/h2-5,8-11,15H,6-7,12-14,21H2,1H3,(H,24,25). The zero-order valence-corrected chi connectivity index (χ0v) is 14.6. The lowest BCUT2D eigenvalue weighted by molar-refractivity contribution is 0.200. The average Bonchev–Trinajstić information content (AvgIpc) is 3.01. The molecule has 2 aromatic carbocycles. The molecule has 0 spiro atoms. The second-order valence-electron chi connectivity index (χ2n) is 6.60. The van der Waals surface area contributed by atoms with Gasteiger partial charge in [-0.05, 0) is 45.0 Å². The maximum Gasteiger partial charge on any atom is 0.411 e. The predicted molar refractivity (Wildman–Crippen MR) is 102 cm³/mol. The van der Waals surface area contributed by atoms with E-state index in [9.17, 15) is 9.90 Å². The first-order chi connectivity index (χ1) is 12.1. The maximum atomic E-state index is 11.9. The largest absolute Gasteiger partial charge is 0.465 e. The predicted octanol–water partition coefficient (Wildman–Crippen LogP) is 3.90. The minimum atomic E-state index is -0.928. The third-order valence-corrected chi connectivity index (χ3v) is 5.03. The third-order valence-electron chi connectivity index (χ3n) is 5.03. The van der Waals surface area contributed by atoms with E-state index < -0.39 is 6.09 Å². The number of anilines is 2. The van der Waals surface area contributed by atoms with Crippen LogP contribution in [-0.2, 0) is 0 Å². The fraction of sp³-hybridized carbons (Fsp3) is 0.350. The first-order valence-electron chi connectivity index (χ1n) is 8.72. The Morgan fingerprint density at radius 2 is 1.88 bits per heavy atom. The normalized spacial score (nSPS) is 17.6. The maximum absolute atomic E-state index is 11.9. The Hall–Kier alpha value is -2.53. The number of likely N-dealkylation sites (tertiary alicyclic amines) is 1. The number of amides is 1. The number of carboxylic acid groups (broad SMARTS) is 1. The second kappa shape index (κ2) is 7.57. The Kier molecular flexibility index (Phi) is 5.24. The highest BCUT2D eigenvalue weighted by Crippen LogP contribution is 2.34. The molecule has 0 bridgehead atoms. The van der Waals surface area contributed by atoms with Crippen LogP contribution in [0.3, 0.4) is 0 Å². The molecule has 1 heterocycles. The van der Waals surface area contributed by atoms with Crippen LogP contribution in [0, 0.1) is 0 Å². The third kappa shape index (κ3) is 3.77. The summed E-state index contributed by atoms with van der Waals surface area (Å²) in [6.45, 7) is 1.57. The van der Waals surface area contributed by atoms with E-state index in [1.165, 1.54) is 11.3 Å². The zero-order chi connectivity index (χ0) is 17.8. The summed E-state index contributed by atoms with van der Waals surface area (Å²) in [5.74, 6) is 0. The lowest BCUT2D eigenvalue weighted by atomic mass is 10.0. The number of carbonyl (C=O) groups is 1. The number of para-hydroxylation sites is 2. The van der Waals surface area contributed by atoms with Gasteiger partial charge in [0.2, 0.25) is 0 Å². The quantitative estimate of drug-likeness (QED) is 0.811. The van der Waals surface area contributed by atoms with E-state index in [2.05, 4.69) is 11.9 Å². The summed E-state index contributed by atoms with van der Waals surface area (Å²) >= 11 is 0. The topological polar surface area (TPSA) is 69.8 Å². The van der Waals surface area contributed by atoms with Gasteiger partial charge in [0.15, 0.2) is 0 Å². The van der Waals surface area contributed by atoms with Crippen LogP contribution in [-0.4, -0.2) is 42.3 Å². The first-order valence-corrected chi connectivity index (χ1v) is 8.72. The van der Waals surface area contributed by atoms with Crippen molar-refractivity contribution in [3.63, 3.8) is 0 Å². The number of nitrogen functional groups attached to an aromatic ring is 1. The van der Waals surface area contributed by atoms with Gasteiger partial charge in [-0.3, -0.25) is 4.90 Å². The summed E-state index contributed by atoms with van der Waals surface area (Å²) in [6, 6.07) is 15.6. The molecule has 1 unspecified atom stereocenters. The van der Waals surface area contributed by atoms with E-state index in [0.29, 0.717) is 24.0 Å². The van der Waals surface area contributed by atoms with Crippen molar-refractivity contribution in [1.29, 1.82) is 0 Å². The van der Waals surface area contributed by atoms with E-state index in [1.54, 1.807) is 0 Å². The van der Waals surface area contributed by atoms with Gasteiger partial charge in [-0.15, -0.1) is 0 Å². The molecule has 1 aliphatic rings. The summed E-state index contributed by atoms with van der Waals surface area (Å²) in [5, 5.41) is 9.79. The molecule has 5 nitrogen and oxygen atoms in total. The van der Waals surface area contributed by atoms with E-state index in [-0.39, 0.29) is 0 Å². The summed E-state index contributed by atoms with van der Waals surface area (Å²) in [7, 11) is 2.11. The van der Waals surface area contributed by atoms with E-state index in [1.807, 2.05) is 48.5 Å². The van der Waals surface area contributed by atoms with Crippen LogP contribution in [0.2, 0.25) is 0 Å². The Labute approximate surface area is 148 Å². The van der Waals surface area contributed by atoms with Crippen molar-refractivity contribution in [1.82, 2.24) is 4.90 Å². The molecule has 1 saturated heterocycles. The fourth-order valence-electron chi connectivity index (χ4n) is 3.62. The SMILES string of the molecule is CN1CCCC1CCN(C(=O)O)c1ccccc1-c1ccccc1N. The molecule has 0 aromatic heterocycles. The molecule has 0 aliphatic carbocycles. The molecule has 3 rings (SSSR count). The summed E-state index contributed by atoms with van der Waals surface area (Å²) < 4.78 is 0. The van der Waals surface area contributed by atoms with Gasteiger partial charge in [0.25, 0.3) is 0 Å². The smallest absolute Gasteiger partial charge is 0.411 e. The average molecular weight is 339 g/mol. The van der Waals surface area contributed by atoms with Gasteiger partial charge in [0, 0.05) is 29.4 Å². The molecular formula is C20H25N3O2. The molecule has 2 aromatic rings. The van der Waals surface area contributed by atoms with E-state index in [0.717, 1.165) is 30.5 Å². The summed E-state index contributed by atoms with van der Waals surface area (Å²) in [6.07, 6.45) is 2.23. The molecule has 0 radical (unpaired) electrons. The van der Waals surface area contributed by atoms with Gasteiger partial charge in [0.1, 0.15) is 0 Å². The number of hydrogen-bond donors (Lipinski definition) is 2. The van der Waals surface area contributed by atoms with Crippen molar-refractivity contribution in [3.8, 4) is 11.1 Å². The molecule has 1 atom stereocenters. The van der Waals surface area contributed by atoms with Crippen molar-refractivity contribution in [2.75, 3.05) is 30.8 Å². The lowest BCUT2D eigenvalue weighted by Crippen LogP contribution is -2.35. The van der Waals surface area contributed by atoms with Crippen molar-refractivity contribution < 1.29 is 9.90 Å². The lowest BCUT2D eigenvalue weighted by Gasteiger charge is -2.26. The van der Waals surface area contributed by atoms with Gasteiger partial charge >= 0.3 is 6.09 Å². The van der Waals surface area contributed by atoms with Crippen LogP contribution in [0.4, 0.5) is 16.2 Å². The zero-order valence-electron chi connectivity index (χ0n) is 14.6. The molecule has 0 saturated carbocycles. The number of benzene rings is 2. The van der Waals surface area contributed by atoms with Crippen LogP contribution in [0.1, 0.15) is 19.3 Å². The second-order valence-corrected chi connectivity index (χ2v) is 6.60. The molecule has 1 aliphatic heterocycles. The molecule has 1 fully saturated rings. The Bertz CT molecular complexity index is 747. The number of hydrogen-bond acceptors (Lipinski definition) is 3. The molecular weight excluding hydrogens is 314 g/mol. The molecule has 5 heteroatoms. The van der Waals surface area contributed by atoms with Crippen molar-refractivity contribution in [2.45, 2.75) is 25.3 Å². The highest BCUT2D eigenvalue weighted by Gasteiger charge is 2.24. The Balaban J connectivity index is 1.89. The fourth-order valence-corrected chi connectivity index (χ4v) is 3.62. The van der Waals surface area contributed by atoms with Crippen molar-refractivity contribution >= 4 is 17.5 Å². The first kappa shape index (κ1) is 17.3. The van der Waals surface area contributed by atoms with Crippen LogP contribution in [0.25, 0.3) is 11.1 Å². The number of nitrogens with two attached hydrogens (primary N) is 1. The van der Waals surface area contributed by atoms with Gasteiger partial charge in [-0.1, -0.05) is 36.4 Å². The van der Waals surface area contributed by atoms with Crippen molar-refractivity contribution in [2.24, 2.45) is 0 Å². The van der Waals surface area contributed by atoms with E-state index in [4.69, 9.17) is 5.73 Å². The number of rotatable bonds is 5. The van der Waals surface area contributed by atoms with Crippen LogP contribution < -0.4 is 10.6 Å². The number of nitrogens with zero attached hydrogens (tertiary/aromatic N) is 2. The highest BCUT2D eigenvalue weighted by atomic mass is 16.4. The molecule has 25 heavy (non-hydrogen) atoms. The van der Waals surface area contributed by atoms with Crippen LogP contribution in [0.15, 0.2) is 48.5 Å². The molecule has 132 valence electrons. The van der Waals surface area contributed by atoms with Crippen LogP contribution in [0.5, 0.6) is 0 Å². The van der Waals surface area contributed by atoms with Gasteiger partial charge in [-0.2, -0.15) is 0 Å². The highest BCUT2D eigenvalue weighted by molar-refractivity contribution is 5.95. The van der Waals surface area contributed by atoms with Gasteiger partial charge in [0.05, 0.1) is 5.69 Å². The summed E-state index contributed by atoms with van der Waals surface area (Å²) in [5.41, 5.74) is 9.17. The van der Waals surface area contributed by atoms with Crippen LogP contribution >= 0.6 is 0 Å². The molecule has 1 amide bonds. The Morgan fingerprint density at radius 1 is 1.20 bits per heavy atom. The monoisotopic (exact) mass is 339 g/mol. The Morgan fingerprint density at radius 3 is 2.52 bits per heavy atom. The van der Waals surface area contributed by atoms with Gasteiger partial charge in [-0.25, -0.2) is 4.79 Å². The minimum Gasteiger partial charge on any atom is -0.465 e. The van der Waals surface area contributed by atoms with Gasteiger partial charge < -0.3 is 15.7 Å². The molecule has 3 N–H and O–H groups in total. The summed E-state index contributed by atoms with van der Waals surface area (Å²) in [4.78, 5) is 15.7. The van der Waals surface area contributed by atoms with Crippen molar-refractivity contribution in [3.05, 3.63) is 48.5 Å². The minimum absolute atomic E-state index is 0.454. The van der Waals surface area contributed by atoms with E-state index >= 15 is 0 Å².